The molecule has 0 aromatic heterocycles. The molecule has 6 heteroatoms. The molecule has 0 aliphatic rings. The second kappa shape index (κ2) is 10.8. The highest BCUT2D eigenvalue weighted by molar-refractivity contribution is 5.67. The Morgan fingerprint density at radius 2 is 1.83 bits per heavy atom. The van der Waals surface area contributed by atoms with Crippen molar-refractivity contribution in [1.29, 1.82) is 0 Å². The number of alkyl carbamates (subject to hydrolysis) is 1. The van der Waals surface area contributed by atoms with Gasteiger partial charge in [-0.3, -0.25) is 0 Å². The molecule has 0 bridgehead atoms. The van der Waals surface area contributed by atoms with Crippen molar-refractivity contribution in [2.75, 3.05) is 40.1 Å². The predicted molar refractivity (Wildman–Crippen MR) is 90.5 cm³/mol. The maximum absolute atomic E-state index is 11.8. The number of carbonyl (C=O) groups excluding carboxylic acids is 1. The Bertz CT molecular complexity index is 327. The molecule has 0 rings (SSSR count). The molecule has 1 atom stereocenters. The first-order valence-electron chi connectivity index (χ1n) is 8.31. The average molecular weight is 333 g/mol. The van der Waals surface area contributed by atoms with Crippen LogP contribution in [0.1, 0.15) is 47.5 Å². The van der Waals surface area contributed by atoms with Gasteiger partial charge >= 0.3 is 6.09 Å². The third-order valence-electron chi connectivity index (χ3n) is 3.90. The summed E-state index contributed by atoms with van der Waals surface area (Å²) < 4.78 is 15.8. The number of ether oxygens (including phenoxy) is 3. The Balaban J connectivity index is 4.40. The lowest BCUT2D eigenvalue weighted by Gasteiger charge is -2.36. The molecule has 23 heavy (non-hydrogen) atoms. The molecule has 0 spiro atoms. The smallest absolute Gasteiger partial charge is 0.407 e. The van der Waals surface area contributed by atoms with Crippen molar-refractivity contribution in [2.45, 2.75) is 53.1 Å². The molecule has 0 fully saturated rings. The summed E-state index contributed by atoms with van der Waals surface area (Å²) >= 11 is 0. The Kier molecular flexibility index (Phi) is 10.4. The minimum absolute atomic E-state index is 0.0120. The fourth-order valence-corrected chi connectivity index (χ4v) is 2.14. The van der Waals surface area contributed by atoms with Gasteiger partial charge < -0.3 is 24.6 Å². The van der Waals surface area contributed by atoms with E-state index in [0.717, 1.165) is 6.42 Å². The number of amides is 1. The Morgan fingerprint density at radius 3 is 2.30 bits per heavy atom. The highest BCUT2D eigenvalue weighted by atomic mass is 16.6. The second-order valence-electron chi connectivity index (χ2n) is 7.24. The van der Waals surface area contributed by atoms with Crippen LogP contribution in [-0.4, -0.2) is 56.9 Å². The molecule has 0 heterocycles. The molecule has 0 aromatic carbocycles. The molecule has 0 saturated carbocycles. The van der Waals surface area contributed by atoms with Crippen molar-refractivity contribution in [3.8, 4) is 0 Å². The van der Waals surface area contributed by atoms with Gasteiger partial charge in [-0.25, -0.2) is 4.79 Å². The van der Waals surface area contributed by atoms with Crippen molar-refractivity contribution in [1.82, 2.24) is 5.32 Å². The van der Waals surface area contributed by atoms with Crippen LogP contribution in [0.4, 0.5) is 4.79 Å². The highest BCUT2D eigenvalue weighted by Gasteiger charge is 2.34. The van der Waals surface area contributed by atoms with Gasteiger partial charge in [-0.05, 0) is 39.5 Å². The normalized spacial score (nSPS) is 14.6. The van der Waals surface area contributed by atoms with Crippen LogP contribution in [0.15, 0.2) is 0 Å². The molecule has 1 unspecified atom stereocenters. The summed E-state index contributed by atoms with van der Waals surface area (Å²) in [4.78, 5) is 11.8. The van der Waals surface area contributed by atoms with Crippen molar-refractivity contribution in [2.24, 2.45) is 11.3 Å². The van der Waals surface area contributed by atoms with Crippen molar-refractivity contribution < 1.29 is 24.1 Å². The number of aliphatic hydroxyl groups excluding tert-OH is 1. The maximum atomic E-state index is 11.8. The number of carbonyl (C=O) groups is 1. The monoisotopic (exact) mass is 333 g/mol. The van der Waals surface area contributed by atoms with E-state index >= 15 is 0 Å². The number of hydrogen-bond acceptors (Lipinski definition) is 5. The average Bonchev–Trinajstić information content (AvgIpc) is 2.44. The zero-order valence-corrected chi connectivity index (χ0v) is 15.6. The lowest BCUT2D eigenvalue weighted by atomic mass is 9.75. The lowest BCUT2D eigenvalue weighted by molar-refractivity contribution is 0.0150. The van der Waals surface area contributed by atoms with Crippen molar-refractivity contribution in [3.63, 3.8) is 0 Å². The first-order chi connectivity index (χ1) is 10.7. The molecule has 6 nitrogen and oxygen atoms in total. The molecule has 2 N–H and O–H groups in total. The summed E-state index contributed by atoms with van der Waals surface area (Å²) in [7, 11) is 1.66. The minimum Gasteiger partial charge on any atom is -0.444 e. The van der Waals surface area contributed by atoms with Crippen LogP contribution in [0, 0.1) is 11.3 Å². The molecule has 0 aromatic rings. The summed E-state index contributed by atoms with van der Waals surface area (Å²) in [5.74, 6) is 0.199. The summed E-state index contributed by atoms with van der Waals surface area (Å²) in [6.07, 6.45) is 1.06. The highest BCUT2D eigenvalue weighted by Crippen LogP contribution is 2.30. The van der Waals surface area contributed by atoms with Gasteiger partial charge in [0, 0.05) is 38.9 Å². The maximum Gasteiger partial charge on any atom is 0.407 e. The lowest BCUT2D eigenvalue weighted by Crippen LogP contribution is -2.45. The number of methoxy groups -OCH3 is 1. The Hall–Kier alpha value is -0.850. The molecular weight excluding hydrogens is 298 g/mol. The van der Waals surface area contributed by atoms with Crippen molar-refractivity contribution in [3.05, 3.63) is 0 Å². The second-order valence-corrected chi connectivity index (χ2v) is 7.24. The quantitative estimate of drug-likeness (QED) is 0.568. The van der Waals surface area contributed by atoms with Gasteiger partial charge in [0.2, 0.25) is 0 Å². The standard InChI is InChI=1S/C17H35NO5/c1-14(2)17(13-19,8-11-22-10-7-9-21-6)12-18-15(20)23-16(3,4)5/h14,19H,7-13H2,1-6H3,(H,18,20). The molecule has 0 aliphatic carbocycles. The first kappa shape index (κ1) is 22.1. The van der Waals surface area contributed by atoms with Gasteiger partial charge in [-0.1, -0.05) is 13.8 Å². The van der Waals surface area contributed by atoms with Crippen LogP contribution >= 0.6 is 0 Å². The van der Waals surface area contributed by atoms with E-state index in [4.69, 9.17) is 14.2 Å². The number of hydrogen-bond donors (Lipinski definition) is 2. The van der Waals surface area contributed by atoms with E-state index in [1.54, 1.807) is 7.11 Å². The van der Waals surface area contributed by atoms with Gasteiger partial charge in [-0.2, -0.15) is 0 Å². The Morgan fingerprint density at radius 1 is 1.17 bits per heavy atom. The third-order valence-corrected chi connectivity index (χ3v) is 3.90. The van der Waals surface area contributed by atoms with E-state index in [0.29, 0.717) is 32.8 Å². The SMILES string of the molecule is COCCCOCCC(CO)(CNC(=O)OC(C)(C)C)C(C)C. The molecule has 1 amide bonds. The first-order valence-corrected chi connectivity index (χ1v) is 8.31. The summed E-state index contributed by atoms with van der Waals surface area (Å²) in [6.45, 7) is 11.7. The molecular formula is C17H35NO5. The molecule has 138 valence electrons. The zero-order valence-electron chi connectivity index (χ0n) is 15.6. The van der Waals surface area contributed by atoms with Crippen LogP contribution in [0.25, 0.3) is 0 Å². The van der Waals surface area contributed by atoms with E-state index in [1.165, 1.54) is 0 Å². The minimum atomic E-state index is -0.533. The summed E-state index contributed by atoms with van der Waals surface area (Å²) in [6, 6.07) is 0. The van der Waals surface area contributed by atoms with E-state index in [2.05, 4.69) is 5.32 Å². The van der Waals surface area contributed by atoms with Crippen LogP contribution in [0.2, 0.25) is 0 Å². The number of aliphatic hydroxyl groups is 1. The van der Waals surface area contributed by atoms with Gasteiger partial charge in [0.1, 0.15) is 5.60 Å². The van der Waals surface area contributed by atoms with Crippen LogP contribution in [0.3, 0.4) is 0 Å². The van der Waals surface area contributed by atoms with Gasteiger partial charge in [0.15, 0.2) is 0 Å². The molecule has 0 saturated heterocycles. The summed E-state index contributed by atoms with van der Waals surface area (Å²) in [5.41, 5.74) is -0.952. The fraction of sp³-hybridized carbons (Fsp3) is 0.941. The van der Waals surface area contributed by atoms with Crippen LogP contribution in [0.5, 0.6) is 0 Å². The van der Waals surface area contributed by atoms with Gasteiger partial charge in [0.25, 0.3) is 0 Å². The zero-order chi connectivity index (χ0) is 17.9. The van der Waals surface area contributed by atoms with Gasteiger partial charge in [-0.15, -0.1) is 0 Å². The Labute approximate surface area is 140 Å². The van der Waals surface area contributed by atoms with E-state index in [1.807, 2.05) is 34.6 Å². The van der Waals surface area contributed by atoms with E-state index in [-0.39, 0.29) is 12.5 Å². The third kappa shape index (κ3) is 9.79. The summed E-state index contributed by atoms with van der Waals surface area (Å²) in [5, 5.41) is 12.6. The molecule has 0 aliphatic heterocycles. The molecule has 0 radical (unpaired) electrons. The van der Waals surface area contributed by atoms with Gasteiger partial charge in [0.05, 0.1) is 6.61 Å². The van der Waals surface area contributed by atoms with E-state index in [9.17, 15) is 9.90 Å². The van der Waals surface area contributed by atoms with Crippen LogP contribution in [-0.2, 0) is 14.2 Å². The van der Waals surface area contributed by atoms with Crippen LogP contribution < -0.4 is 5.32 Å². The number of rotatable bonds is 11. The fourth-order valence-electron chi connectivity index (χ4n) is 2.14. The van der Waals surface area contributed by atoms with Crippen molar-refractivity contribution >= 4 is 6.09 Å². The van der Waals surface area contributed by atoms with E-state index < -0.39 is 17.1 Å². The topological polar surface area (TPSA) is 77.0 Å². The largest absolute Gasteiger partial charge is 0.444 e. The predicted octanol–water partition coefficient (Wildman–Crippen LogP) is 2.59. The number of nitrogens with one attached hydrogen (secondary N) is 1.